The fraction of sp³-hybridized carbons (Fsp3) is 0.250. The predicted molar refractivity (Wildman–Crippen MR) is 78.3 cm³/mol. The van der Waals surface area contributed by atoms with E-state index in [1.807, 2.05) is 38.1 Å². The molecule has 0 spiro atoms. The minimum Gasteiger partial charge on any atom is -0.495 e. The lowest BCUT2D eigenvalue weighted by molar-refractivity contribution is 0.404. The third kappa shape index (κ3) is 2.71. The molecule has 0 saturated carbocycles. The van der Waals surface area contributed by atoms with Gasteiger partial charge in [0.05, 0.1) is 22.8 Å². The highest BCUT2D eigenvalue weighted by atomic mass is 32.2. The molecular weight excluding hydrogens is 256 g/mol. The van der Waals surface area contributed by atoms with E-state index in [1.165, 1.54) is 5.56 Å². The average molecular weight is 274 g/mol. The Kier molecular flexibility index (Phi) is 4.05. The van der Waals surface area contributed by atoms with Gasteiger partial charge in [0.2, 0.25) is 0 Å². The normalized spacial score (nSPS) is 12.2. The van der Waals surface area contributed by atoms with E-state index in [9.17, 15) is 4.21 Å². The van der Waals surface area contributed by atoms with Crippen molar-refractivity contribution in [3.05, 3.63) is 53.1 Å². The van der Waals surface area contributed by atoms with Gasteiger partial charge in [0.1, 0.15) is 5.75 Å². The molecule has 2 aromatic carbocycles. The van der Waals surface area contributed by atoms with E-state index in [1.54, 1.807) is 7.11 Å². The maximum absolute atomic E-state index is 12.8. The summed E-state index contributed by atoms with van der Waals surface area (Å²) in [5, 5.41) is 0. The summed E-state index contributed by atoms with van der Waals surface area (Å²) >= 11 is 0. The number of benzene rings is 2. The van der Waals surface area contributed by atoms with Gasteiger partial charge in [0.15, 0.2) is 0 Å². The highest BCUT2D eigenvalue weighted by Gasteiger charge is 2.16. The lowest BCUT2D eigenvalue weighted by atomic mass is 10.1. The SMILES string of the molecule is COc1ccccc1[S@](=O)c1c(C)cc(C)cc1C. The van der Waals surface area contributed by atoms with Crippen molar-refractivity contribution in [2.75, 3.05) is 7.11 Å². The molecule has 3 heteroatoms. The average Bonchev–Trinajstić information content (AvgIpc) is 2.37. The van der Waals surface area contributed by atoms with Crippen LogP contribution in [0.5, 0.6) is 5.75 Å². The number of rotatable bonds is 3. The Bertz CT molecular complexity index is 609. The van der Waals surface area contributed by atoms with Crippen molar-refractivity contribution in [3.63, 3.8) is 0 Å². The molecular formula is C16H18O2S. The number of hydrogen-bond acceptors (Lipinski definition) is 2. The summed E-state index contributed by atoms with van der Waals surface area (Å²) in [6.07, 6.45) is 0. The Balaban J connectivity index is 2.57. The molecule has 0 fully saturated rings. The Morgan fingerprint density at radius 2 is 1.58 bits per heavy atom. The van der Waals surface area contributed by atoms with Crippen molar-refractivity contribution < 1.29 is 8.95 Å². The van der Waals surface area contributed by atoms with Crippen LogP contribution in [-0.2, 0) is 10.8 Å². The summed E-state index contributed by atoms with van der Waals surface area (Å²) in [7, 11) is 0.387. The van der Waals surface area contributed by atoms with E-state index >= 15 is 0 Å². The van der Waals surface area contributed by atoms with Crippen molar-refractivity contribution in [1.29, 1.82) is 0 Å². The van der Waals surface area contributed by atoms with Gasteiger partial charge in [-0.15, -0.1) is 0 Å². The molecule has 1 atom stereocenters. The predicted octanol–water partition coefficient (Wildman–Crippen LogP) is 3.79. The van der Waals surface area contributed by atoms with Crippen molar-refractivity contribution >= 4 is 10.8 Å². The first-order valence-corrected chi connectivity index (χ1v) is 7.32. The Hall–Kier alpha value is -1.61. The maximum atomic E-state index is 12.8. The number of hydrogen-bond donors (Lipinski definition) is 0. The second-order valence-electron chi connectivity index (χ2n) is 4.65. The van der Waals surface area contributed by atoms with Gasteiger partial charge in [0, 0.05) is 4.90 Å². The van der Waals surface area contributed by atoms with Crippen molar-refractivity contribution in [3.8, 4) is 5.75 Å². The van der Waals surface area contributed by atoms with Gasteiger partial charge in [0.25, 0.3) is 0 Å². The molecule has 0 saturated heterocycles. The van der Waals surface area contributed by atoms with E-state index in [0.717, 1.165) is 20.9 Å². The van der Waals surface area contributed by atoms with E-state index in [2.05, 4.69) is 19.1 Å². The van der Waals surface area contributed by atoms with Crippen LogP contribution in [0, 0.1) is 20.8 Å². The van der Waals surface area contributed by atoms with Crippen LogP contribution < -0.4 is 4.74 Å². The van der Waals surface area contributed by atoms with Gasteiger partial charge in [-0.25, -0.2) is 4.21 Å². The molecule has 0 bridgehead atoms. The van der Waals surface area contributed by atoms with Gasteiger partial charge < -0.3 is 4.74 Å². The Morgan fingerprint density at radius 1 is 1.00 bits per heavy atom. The van der Waals surface area contributed by atoms with Crippen molar-refractivity contribution in [1.82, 2.24) is 0 Å². The summed E-state index contributed by atoms with van der Waals surface area (Å²) in [6.45, 7) is 6.06. The zero-order chi connectivity index (χ0) is 14.0. The summed E-state index contributed by atoms with van der Waals surface area (Å²) < 4.78 is 18.1. The molecule has 0 heterocycles. The largest absolute Gasteiger partial charge is 0.495 e. The van der Waals surface area contributed by atoms with E-state index in [0.29, 0.717) is 5.75 Å². The minimum atomic E-state index is -1.21. The van der Waals surface area contributed by atoms with Gasteiger partial charge in [-0.3, -0.25) is 0 Å². The number of aryl methyl sites for hydroxylation is 3. The molecule has 0 aliphatic rings. The van der Waals surface area contributed by atoms with Crippen LogP contribution >= 0.6 is 0 Å². The van der Waals surface area contributed by atoms with E-state index in [4.69, 9.17) is 4.74 Å². The molecule has 2 aromatic rings. The summed E-state index contributed by atoms with van der Waals surface area (Å²) in [5.41, 5.74) is 3.30. The second kappa shape index (κ2) is 5.57. The van der Waals surface area contributed by atoms with Crippen molar-refractivity contribution in [2.45, 2.75) is 30.6 Å². The molecule has 100 valence electrons. The third-order valence-electron chi connectivity index (χ3n) is 3.06. The zero-order valence-electron chi connectivity index (χ0n) is 11.7. The zero-order valence-corrected chi connectivity index (χ0v) is 12.5. The first kappa shape index (κ1) is 13.8. The van der Waals surface area contributed by atoms with Crippen LogP contribution in [0.25, 0.3) is 0 Å². The fourth-order valence-corrected chi connectivity index (χ4v) is 3.80. The molecule has 2 rings (SSSR count). The van der Waals surface area contributed by atoms with E-state index < -0.39 is 10.8 Å². The molecule has 2 nitrogen and oxygen atoms in total. The quantitative estimate of drug-likeness (QED) is 0.851. The van der Waals surface area contributed by atoms with Crippen molar-refractivity contribution in [2.24, 2.45) is 0 Å². The van der Waals surface area contributed by atoms with Crippen LogP contribution in [-0.4, -0.2) is 11.3 Å². The van der Waals surface area contributed by atoms with Crippen LogP contribution in [0.2, 0.25) is 0 Å². The highest BCUT2D eigenvalue weighted by molar-refractivity contribution is 7.85. The highest BCUT2D eigenvalue weighted by Crippen LogP contribution is 2.29. The first-order valence-electron chi connectivity index (χ1n) is 6.17. The smallest absolute Gasteiger partial charge is 0.135 e. The third-order valence-corrected chi connectivity index (χ3v) is 4.81. The van der Waals surface area contributed by atoms with Gasteiger partial charge in [-0.1, -0.05) is 29.8 Å². The monoisotopic (exact) mass is 274 g/mol. The molecule has 19 heavy (non-hydrogen) atoms. The lowest BCUT2D eigenvalue weighted by Crippen LogP contribution is -2.01. The number of methoxy groups -OCH3 is 1. The van der Waals surface area contributed by atoms with Crippen LogP contribution in [0.3, 0.4) is 0 Å². The van der Waals surface area contributed by atoms with Gasteiger partial charge >= 0.3 is 0 Å². The van der Waals surface area contributed by atoms with Gasteiger partial charge in [-0.05, 0) is 44.0 Å². The molecule has 0 aliphatic carbocycles. The summed E-state index contributed by atoms with van der Waals surface area (Å²) in [4.78, 5) is 1.61. The van der Waals surface area contributed by atoms with Gasteiger partial charge in [-0.2, -0.15) is 0 Å². The minimum absolute atomic E-state index is 0.667. The van der Waals surface area contributed by atoms with Crippen LogP contribution in [0.15, 0.2) is 46.2 Å². The van der Waals surface area contributed by atoms with Crippen LogP contribution in [0.4, 0.5) is 0 Å². The van der Waals surface area contributed by atoms with E-state index in [-0.39, 0.29) is 0 Å². The summed E-state index contributed by atoms with van der Waals surface area (Å²) in [5.74, 6) is 0.667. The standard InChI is InChI=1S/C16H18O2S/c1-11-9-12(2)16(13(3)10-11)19(17)15-8-6-5-7-14(15)18-4/h5-10H,1-4H3/t19-/m0/s1. The number of ether oxygens (including phenoxy) is 1. The molecule has 0 aromatic heterocycles. The molecule has 0 radical (unpaired) electrons. The molecule has 0 N–H and O–H groups in total. The molecule has 0 unspecified atom stereocenters. The number of para-hydroxylation sites is 1. The Morgan fingerprint density at radius 3 is 2.16 bits per heavy atom. The summed E-state index contributed by atoms with van der Waals surface area (Å²) in [6, 6.07) is 11.6. The van der Waals surface area contributed by atoms with Crippen LogP contribution in [0.1, 0.15) is 16.7 Å². The Labute approximate surface area is 116 Å². The first-order chi connectivity index (χ1) is 9.04. The lowest BCUT2D eigenvalue weighted by Gasteiger charge is -2.13. The molecule has 0 aliphatic heterocycles. The topological polar surface area (TPSA) is 26.3 Å². The maximum Gasteiger partial charge on any atom is 0.135 e. The fourth-order valence-electron chi connectivity index (χ4n) is 2.34. The second-order valence-corrected chi connectivity index (χ2v) is 6.03. The molecule has 0 amide bonds.